The first kappa shape index (κ1) is 20.7. The Hall–Kier alpha value is -2.14. The van der Waals surface area contributed by atoms with Gasteiger partial charge in [-0.3, -0.25) is 4.79 Å². The minimum absolute atomic E-state index is 0.103. The van der Waals surface area contributed by atoms with Crippen LogP contribution in [-0.4, -0.2) is 22.8 Å². The largest absolute Gasteiger partial charge is 0.454 e. The first-order valence-electron chi connectivity index (χ1n) is 11.6. The average Bonchev–Trinajstić information content (AvgIpc) is 3.00. The zero-order chi connectivity index (χ0) is 22.0. The molecule has 3 saturated carbocycles. The fourth-order valence-electron chi connectivity index (χ4n) is 7.64. The van der Waals surface area contributed by atoms with Crippen molar-refractivity contribution < 1.29 is 19.1 Å². The van der Waals surface area contributed by atoms with Gasteiger partial charge in [0.25, 0.3) is 0 Å². The van der Waals surface area contributed by atoms with Gasteiger partial charge in [-0.1, -0.05) is 25.5 Å². The molecule has 7 atom stereocenters. The molecule has 0 aromatic carbocycles. The van der Waals surface area contributed by atoms with Crippen molar-refractivity contribution in [2.24, 2.45) is 22.7 Å². The Balaban J connectivity index is 1.46. The number of allylic oxidation sites excluding steroid dienone is 2. The molecule has 1 unspecified atom stereocenters. The summed E-state index contributed by atoms with van der Waals surface area (Å²) in [6.07, 6.45) is 13.2. The van der Waals surface area contributed by atoms with Crippen LogP contribution in [0.25, 0.3) is 0 Å². The summed E-state index contributed by atoms with van der Waals surface area (Å²) in [4.78, 5) is 22.9. The van der Waals surface area contributed by atoms with E-state index in [1.54, 1.807) is 6.26 Å². The summed E-state index contributed by atoms with van der Waals surface area (Å²) in [5.74, 6) is 0.527. The second kappa shape index (κ2) is 6.93. The maximum atomic E-state index is 12.2. The van der Waals surface area contributed by atoms with Gasteiger partial charge in [-0.25, -0.2) is 4.79 Å². The normalized spacial score (nSPS) is 43.4. The van der Waals surface area contributed by atoms with Crippen LogP contribution < -0.4 is 5.63 Å². The van der Waals surface area contributed by atoms with E-state index in [1.165, 1.54) is 18.6 Å². The predicted octanol–water partition coefficient (Wildman–Crippen LogP) is 4.51. The van der Waals surface area contributed by atoms with Gasteiger partial charge in [-0.2, -0.15) is 0 Å². The van der Waals surface area contributed by atoms with E-state index < -0.39 is 5.60 Å². The summed E-state index contributed by atoms with van der Waals surface area (Å²) in [7, 11) is 0. The second-order valence-electron chi connectivity index (χ2n) is 10.5. The highest BCUT2D eigenvalue weighted by atomic mass is 16.5. The molecule has 3 fully saturated rings. The molecule has 1 N–H and O–H groups in total. The van der Waals surface area contributed by atoms with Gasteiger partial charge in [0.1, 0.15) is 6.10 Å². The van der Waals surface area contributed by atoms with Crippen molar-refractivity contribution in [2.75, 3.05) is 0 Å². The maximum Gasteiger partial charge on any atom is 0.335 e. The lowest BCUT2D eigenvalue weighted by molar-refractivity contribution is -0.171. The van der Waals surface area contributed by atoms with Gasteiger partial charge in [0, 0.05) is 23.8 Å². The molecule has 1 heterocycles. The fraction of sp³-hybridized carbons (Fsp3) is 0.615. The molecule has 5 rings (SSSR count). The van der Waals surface area contributed by atoms with Crippen LogP contribution in [0.2, 0.25) is 0 Å². The van der Waals surface area contributed by atoms with Crippen molar-refractivity contribution in [3.63, 3.8) is 0 Å². The Kier molecular flexibility index (Phi) is 4.64. The third kappa shape index (κ3) is 2.92. The summed E-state index contributed by atoms with van der Waals surface area (Å²) >= 11 is 0. The average molecular weight is 425 g/mol. The third-order valence-electron chi connectivity index (χ3n) is 9.26. The molecule has 0 radical (unpaired) electrons. The zero-order valence-corrected chi connectivity index (χ0v) is 18.6. The lowest BCUT2D eigenvalue weighted by Crippen LogP contribution is -2.60. The van der Waals surface area contributed by atoms with Crippen LogP contribution in [0.3, 0.4) is 0 Å². The van der Waals surface area contributed by atoms with Crippen LogP contribution in [0.15, 0.2) is 51.4 Å². The van der Waals surface area contributed by atoms with Crippen LogP contribution in [0.5, 0.6) is 0 Å². The van der Waals surface area contributed by atoms with Crippen molar-refractivity contribution >= 4 is 5.97 Å². The van der Waals surface area contributed by atoms with Crippen LogP contribution in [0, 0.1) is 22.7 Å². The number of hydrogen-bond donors (Lipinski definition) is 1. The molecule has 4 aliphatic rings. The molecule has 166 valence electrons. The summed E-state index contributed by atoms with van der Waals surface area (Å²) in [6, 6.07) is 3.37. The standard InChI is InChI=1S/C26H32O5/c1-16(27)31-19-8-11-24(2)18(14-19)5-6-22-21(24)9-12-25(3)20(10-13-26(22,25)29)17-4-7-23(28)30-15-17/h4,7-8,11,14-15,19-22,29H,5-6,9-10,12-13H2,1-3H3/t19-,20+,21-,22?,24-,25+,26-/m0/s1. The molecule has 0 amide bonds. The van der Waals surface area contributed by atoms with Crippen LogP contribution in [0.4, 0.5) is 0 Å². The number of carbonyl (C=O) groups is 1. The van der Waals surface area contributed by atoms with E-state index in [1.807, 2.05) is 12.1 Å². The van der Waals surface area contributed by atoms with E-state index >= 15 is 0 Å². The first-order chi connectivity index (χ1) is 14.7. The number of fused-ring (bicyclic) bond motifs is 5. The highest BCUT2D eigenvalue weighted by molar-refractivity contribution is 5.66. The van der Waals surface area contributed by atoms with Crippen molar-refractivity contribution in [1.82, 2.24) is 0 Å². The minimum Gasteiger partial charge on any atom is -0.454 e. The second-order valence-corrected chi connectivity index (χ2v) is 10.5. The highest BCUT2D eigenvalue weighted by Gasteiger charge is 2.66. The molecule has 0 bridgehead atoms. The number of carbonyl (C=O) groups excluding carboxylic acids is 1. The van der Waals surface area contributed by atoms with Crippen LogP contribution in [0.1, 0.15) is 70.8 Å². The van der Waals surface area contributed by atoms with Gasteiger partial charge in [0.15, 0.2) is 0 Å². The molecule has 31 heavy (non-hydrogen) atoms. The van der Waals surface area contributed by atoms with E-state index in [0.717, 1.165) is 44.1 Å². The van der Waals surface area contributed by atoms with Gasteiger partial charge in [0.05, 0.1) is 11.9 Å². The Labute approximate surface area is 183 Å². The molecule has 1 aromatic rings. The molecular weight excluding hydrogens is 392 g/mol. The number of hydrogen-bond acceptors (Lipinski definition) is 5. The van der Waals surface area contributed by atoms with Crippen molar-refractivity contribution in [3.05, 3.63) is 58.2 Å². The lowest BCUT2D eigenvalue weighted by Gasteiger charge is -2.61. The van der Waals surface area contributed by atoms with Crippen molar-refractivity contribution in [1.29, 1.82) is 0 Å². The maximum absolute atomic E-state index is 12.2. The SMILES string of the molecule is CC(=O)O[C@H]1C=C[C@@]2(C)C(=C1)CCC1[C@@H]2CC[C@]2(C)[C@@H](c3ccc(=O)oc3)CC[C@]12O. The van der Waals surface area contributed by atoms with Crippen molar-refractivity contribution in [2.45, 2.75) is 76.9 Å². The first-order valence-corrected chi connectivity index (χ1v) is 11.6. The Morgan fingerprint density at radius 1 is 1.16 bits per heavy atom. The van der Waals surface area contributed by atoms with Crippen molar-refractivity contribution in [3.8, 4) is 0 Å². The smallest absolute Gasteiger partial charge is 0.335 e. The van der Waals surface area contributed by atoms with E-state index in [-0.39, 0.29) is 40.4 Å². The number of rotatable bonds is 2. The van der Waals surface area contributed by atoms with Gasteiger partial charge in [-0.15, -0.1) is 0 Å². The Morgan fingerprint density at radius 3 is 2.68 bits per heavy atom. The number of esters is 1. The third-order valence-corrected chi connectivity index (χ3v) is 9.26. The van der Waals surface area contributed by atoms with Gasteiger partial charge < -0.3 is 14.3 Å². The molecule has 0 saturated heterocycles. The van der Waals surface area contributed by atoms with Gasteiger partial charge in [-0.05, 0) is 80.1 Å². The summed E-state index contributed by atoms with van der Waals surface area (Å²) in [5.41, 5.74) is 0.973. The Morgan fingerprint density at radius 2 is 1.97 bits per heavy atom. The topological polar surface area (TPSA) is 76.7 Å². The van der Waals surface area contributed by atoms with Gasteiger partial charge >= 0.3 is 11.6 Å². The summed E-state index contributed by atoms with van der Waals surface area (Å²) in [5, 5.41) is 12.2. The van der Waals surface area contributed by atoms with Crippen LogP contribution >= 0.6 is 0 Å². The Bertz CT molecular complexity index is 1000. The molecular formula is C26H32O5. The van der Waals surface area contributed by atoms with E-state index in [2.05, 4.69) is 26.0 Å². The summed E-state index contributed by atoms with van der Waals surface area (Å²) < 4.78 is 10.6. The lowest BCUT2D eigenvalue weighted by atomic mass is 9.46. The fourth-order valence-corrected chi connectivity index (χ4v) is 7.64. The van der Waals surface area contributed by atoms with E-state index in [0.29, 0.717) is 5.92 Å². The molecule has 5 nitrogen and oxygen atoms in total. The molecule has 0 spiro atoms. The number of aliphatic hydroxyl groups is 1. The van der Waals surface area contributed by atoms with E-state index in [9.17, 15) is 14.7 Å². The minimum atomic E-state index is -0.730. The van der Waals surface area contributed by atoms with Gasteiger partial charge in [0.2, 0.25) is 0 Å². The highest BCUT2D eigenvalue weighted by Crippen LogP contribution is 2.69. The monoisotopic (exact) mass is 424 g/mol. The zero-order valence-electron chi connectivity index (χ0n) is 18.6. The molecule has 0 aliphatic heterocycles. The molecule has 5 heteroatoms. The predicted molar refractivity (Wildman–Crippen MR) is 116 cm³/mol. The van der Waals surface area contributed by atoms with Crippen LogP contribution in [-0.2, 0) is 9.53 Å². The molecule has 4 aliphatic carbocycles. The number of ether oxygens (including phenoxy) is 1. The van der Waals surface area contributed by atoms with E-state index in [4.69, 9.17) is 9.15 Å². The molecule has 1 aromatic heterocycles. The quantitative estimate of drug-likeness (QED) is 0.558. The summed E-state index contributed by atoms with van der Waals surface area (Å²) in [6.45, 7) is 5.98.